The first-order valence-corrected chi connectivity index (χ1v) is 7.75. The van der Waals surface area contributed by atoms with Gasteiger partial charge in [0.2, 0.25) is 5.82 Å². The number of halogens is 2. The van der Waals surface area contributed by atoms with E-state index >= 15 is 0 Å². The fraction of sp³-hybridized carbons (Fsp3) is 0. The smallest absolute Gasteiger partial charge is 0.216 e. The number of allylic oxidation sites excluding steroid dienone is 1. The van der Waals surface area contributed by atoms with E-state index < -0.39 is 0 Å². The number of ether oxygens (including phenoxy) is 1. The molecule has 0 unspecified atom stereocenters. The van der Waals surface area contributed by atoms with Crippen LogP contribution in [0.1, 0.15) is 5.82 Å². The Kier molecular flexibility index (Phi) is 5.14. The normalized spacial score (nSPS) is 11.0. The molecule has 1 aromatic heterocycles. The van der Waals surface area contributed by atoms with E-state index in [1.165, 1.54) is 6.20 Å². The molecule has 0 saturated heterocycles. The number of hydrogen-bond acceptors (Lipinski definition) is 6. The second kappa shape index (κ2) is 7.66. The van der Waals surface area contributed by atoms with Crippen molar-refractivity contribution in [1.82, 2.24) is 20.6 Å². The molecule has 124 valence electrons. The Labute approximate surface area is 152 Å². The molecule has 0 bridgehead atoms. The van der Waals surface area contributed by atoms with Crippen LogP contribution in [0.2, 0.25) is 10.0 Å². The first-order chi connectivity index (χ1) is 12.2. The van der Waals surface area contributed by atoms with Gasteiger partial charge in [-0.05, 0) is 35.5 Å². The molecule has 3 aromatic rings. The molecule has 0 amide bonds. The summed E-state index contributed by atoms with van der Waals surface area (Å²) < 4.78 is 5.84. The van der Waals surface area contributed by atoms with Gasteiger partial charge in [0.05, 0.1) is 10.7 Å². The lowest BCUT2D eigenvalue weighted by molar-refractivity contribution is 0.485. The fourth-order valence-electron chi connectivity index (χ4n) is 1.92. The molecule has 25 heavy (non-hydrogen) atoms. The Morgan fingerprint density at radius 2 is 2.04 bits per heavy atom. The minimum atomic E-state index is 0.172. The molecule has 0 aliphatic carbocycles. The molecule has 7 nitrogen and oxygen atoms in total. The molecule has 0 aliphatic heterocycles. The number of nitrogens with zero attached hydrogens (tertiary/aromatic N) is 4. The van der Waals surface area contributed by atoms with Crippen molar-refractivity contribution in [3.8, 4) is 17.6 Å². The van der Waals surface area contributed by atoms with E-state index in [4.69, 9.17) is 27.9 Å². The molecule has 0 radical (unpaired) electrons. The number of nitrogens with one attached hydrogen (secondary N) is 2. The zero-order valence-electron chi connectivity index (χ0n) is 12.6. The molecule has 9 heteroatoms. The van der Waals surface area contributed by atoms with Gasteiger partial charge in [-0.25, -0.2) is 0 Å². The predicted octanol–water partition coefficient (Wildman–Crippen LogP) is 4.28. The molecule has 0 spiro atoms. The standard InChI is InChI=1S/C16H10Cl2N6O/c17-11-5-6-15(25-14-4-2-1-3-12(14)18)13(7-11)20-9-10(8-19)16-21-23-24-22-16/h1-7,9,20H,(H,21,22,23,24). The fourth-order valence-corrected chi connectivity index (χ4v) is 2.27. The van der Waals surface area contributed by atoms with Gasteiger partial charge >= 0.3 is 0 Å². The van der Waals surface area contributed by atoms with E-state index in [0.29, 0.717) is 27.2 Å². The second-order valence-electron chi connectivity index (χ2n) is 4.72. The third-order valence-corrected chi connectivity index (χ3v) is 3.62. The molecular weight excluding hydrogens is 363 g/mol. The van der Waals surface area contributed by atoms with E-state index in [1.807, 2.05) is 18.2 Å². The number of tetrazole rings is 1. The number of benzene rings is 2. The van der Waals surface area contributed by atoms with Crippen molar-refractivity contribution in [2.75, 3.05) is 5.32 Å². The van der Waals surface area contributed by atoms with Crippen molar-refractivity contribution < 1.29 is 4.74 Å². The summed E-state index contributed by atoms with van der Waals surface area (Å²) in [6.07, 6.45) is 1.44. The Bertz CT molecular complexity index is 950. The number of hydrogen-bond donors (Lipinski definition) is 2. The molecule has 2 aromatic carbocycles. The van der Waals surface area contributed by atoms with Gasteiger partial charge in [-0.15, -0.1) is 10.2 Å². The molecule has 0 fully saturated rings. The summed E-state index contributed by atoms with van der Waals surface area (Å²) >= 11 is 12.2. The number of rotatable bonds is 5. The highest BCUT2D eigenvalue weighted by Gasteiger charge is 2.10. The van der Waals surface area contributed by atoms with Crippen molar-refractivity contribution in [3.63, 3.8) is 0 Å². The molecular formula is C16H10Cl2N6O. The predicted molar refractivity (Wildman–Crippen MR) is 94.4 cm³/mol. The zero-order chi connectivity index (χ0) is 17.6. The molecule has 2 N–H and O–H groups in total. The highest BCUT2D eigenvalue weighted by atomic mass is 35.5. The van der Waals surface area contributed by atoms with Crippen molar-refractivity contribution >= 4 is 34.5 Å². The Morgan fingerprint density at radius 1 is 1.20 bits per heavy atom. The molecule has 0 atom stereocenters. The zero-order valence-corrected chi connectivity index (χ0v) is 14.1. The highest BCUT2D eigenvalue weighted by molar-refractivity contribution is 6.32. The second-order valence-corrected chi connectivity index (χ2v) is 5.57. The Morgan fingerprint density at radius 3 is 2.76 bits per heavy atom. The summed E-state index contributed by atoms with van der Waals surface area (Å²) in [6, 6.07) is 14.1. The summed E-state index contributed by atoms with van der Waals surface area (Å²) in [5.41, 5.74) is 0.737. The number of H-pyrrole nitrogens is 1. The van der Waals surface area contributed by atoms with E-state index in [1.54, 1.807) is 30.3 Å². The number of nitriles is 1. The maximum absolute atomic E-state index is 9.22. The number of aromatic nitrogens is 4. The van der Waals surface area contributed by atoms with Crippen LogP contribution >= 0.6 is 23.2 Å². The van der Waals surface area contributed by atoms with Gasteiger partial charge in [0.25, 0.3) is 0 Å². The quantitative estimate of drug-likeness (QED) is 0.648. The molecule has 3 rings (SSSR count). The van der Waals surface area contributed by atoms with Crippen LogP contribution in [0.25, 0.3) is 5.57 Å². The lowest BCUT2D eigenvalue weighted by Crippen LogP contribution is -1.96. The van der Waals surface area contributed by atoms with Crippen LogP contribution in [0.4, 0.5) is 5.69 Å². The van der Waals surface area contributed by atoms with Crippen molar-refractivity contribution in [2.45, 2.75) is 0 Å². The number of anilines is 1. The average Bonchev–Trinajstić information content (AvgIpc) is 3.14. The first-order valence-electron chi connectivity index (χ1n) is 7.00. The van der Waals surface area contributed by atoms with Crippen molar-refractivity contribution in [3.05, 3.63) is 64.5 Å². The van der Waals surface area contributed by atoms with Crippen LogP contribution in [0, 0.1) is 11.3 Å². The maximum atomic E-state index is 9.22. The number of para-hydroxylation sites is 1. The van der Waals surface area contributed by atoms with Gasteiger partial charge < -0.3 is 10.1 Å². The van der Waals surface area contributed by atoms with Crippen LogP contribution < -0.4 is 10.1 Å². The largest absolute Gasteiger partial charge is 0.454 e. The van der Waals surface area contributed by atoms with Gasteiger partial charge in [-0.3, -0.25) is 0 Å². The maximum Gasteiger partial charge on any atom is 0.216 e. The SMILES string of the molecule is N#CC(=CNc1cc(Cl)ccc1Oc1ccccc1Cl)c1nn[nH]n1. The summed E-state index contributed by atoms with van der Waals surface area (Å²) in [6.45, 7) is 0. The van der Waals surface area contributed by atoms with Crippen LogP contribution in [0.3, 0.4) is 0 Å². The third kappa shape index (κ3) is 4.07. The lowest BCUT2D eigenvalue weighted by atomic mass is 10.2. The third-order valence-electron chi connectivity index (χ3n) is 3.08. The highest BCUT2D eigenvalue weighted by Crippen LogP contribution is 2.35. The lowest BCUT2D eigenvalue weighted by Gasteiger charge is -2.12. The Hall–Kier alpha value is -3.08. The summed E-state index contributed by atoms with van der Waals surface area (Å²) in [5, 5.41) is 26.4. The van der Waals surface area contributed by atoms with Gasteiger partial charge in [0.15, 0.2) is 5.75 Å². The molecule has 0 saturated carbocycles. The summed E-state index contributed by atoms with van der Waals surface area (Å²) in [4.78, 5) is 0. The van der Waals surface area contributed by atoms with Gasteiger partial charge in [0.1, 0.15) is 17.4 Å². The van der Waals surface area contributed by atoms with E-state index in [-0.39, 0.29) is 11.4 Å². The topological polar surface area (TPSA) is 99.5 Å². The van der Waals surface area contributed by atoms with Gasteiger partial charge in [0, 0.05) is 11.2 Å². The van der Waals surface area contributed by atoms with Crippen LogP contribution in [0.15, 0.2) is 48.7 Å². The van der Waals surface area contributed by atoms with Crippen molar-refractivity contribution in [2.24, 2.45) is 0 Å². The van der Waals surface area contributed by atoms with Gasteiger partial charge in [-0.2, -0.15) is 10.5 Å². The summed E-state index contributed by atoms with van der Waals surface area (Å²) in [5.74, 6) is 1.15. The summed E-state index contributed by atoms with van der Waals surface area (Å²) in [7, 11) is 0. The minimum absolute atomic E-state index is 0.172. The van der Waals surface area contributed by atoms with Crippen molar-refractivity contribution in [1.29, 1.82) is 5.26 Å². The number of aromatic amines is 1. The van der Waals surface area contributed by atoms with E-state index in [9.17, 15) is 5.26 Å². The minimum Gasteiger partial charge on any atom is -0.454 e. The molecule has 1 heterocycles. The van der Waals surface area contributed by atoms with Crippen LogP contribution in [-0.2, 0) is 0 Å². The van der Waals surface area contributed by atoms with Gasteiger partial charge in [-0.1, -0.05) is 35.3 Å². The van der Waals surface area contributed by atoms with Crippen LogP contribution in [-0.4, -0.2) is 20.6 Å². The first kappa shape index (κ1) is 16.8. The van der Waals surface area contributed by atoms with E-state index in [2.05, 4.69) is 25.9 Å². The Balaban J connectivity index is 1.90. The average molecular weight is 373 g/mol. The van der Waals surface area contributed by atoms with Crippen LogP contribution in [0.5, 0.6) is 11.5 Å². The molecule has 0 aliphatic rings. The van der Waals surface area contributed by atoms with E-state index in [0.717, 1.165) is 0 Å². The monoisotopic (exact) mass is 372 g/mol.